The number of aromatic nitrogens is 2. The zero-order chi connectivity index (χ0) is 12.5. The van der Waals surface area contributed by atoms with E-state index in [0.717, 1.165) is 22.2 Å². The van der Waals surface area contributed by atoms with Crippen LogP contribution in [0.25, 0.3) is 10.9 Å². The Balaban J connectivity index is 2.06. The van der Waals surface area contributed by atoms with Gasteiger partial charge >= 0.3 is 0 Å². The Hall–Kier alpha value is -2.30. The van der Waals surface area contributed by atoms with Gasteiger partial charge in [-0.3, -0.25) is 4.79 Å². The van der Waals surface area contributed by atoms with Crippen LogP contribution in [0.5, 0.6) is 0 Å². The van der Waals surface area contributed by atoms with Gasteiger partial charge in [-0.05, 0) is 6.07 Å². The van der Waals surface area contributed by atoms with E-state index in [9.17, 15) is 4.79 Å². The van der Waals surface area contributed by atoms with Gasteiger partial charge in [-0.25, -0.2) is 15.4 Å². The van der Waals surface area contributed by atoms with E-state index in [1.54, 1.807) is 6.20 Å². The first-order valence-corrected chi connectivity index (χ1v) is 5.80. The third-order valence-corrected chi connectivity index (χ3v) is 3.06. The fourth-order valence-electron chi connectivity index (χ4n) is 2.14. The molecule has 2 heterocycles. The second kappa shape index (κ2) is 4.18. The number of nitrogens with one attached hydrogen (secondary N) is 1. The molecule has 1 atom stereocenters. The average molecular weight is 240 g/mol. The summed E-state index contributed by atoms with van der Waals surface area (Å²) in [5.74, 6) is 0.0902. The van der Waals surface area contributed by atoms with E-state index in [4.69, 9.17) is 0 Å². The van der Waals surface area contributed by atoms with Gasteiger partial charge in [0.15, 0.2) is 0 Å². The number of benzene rings is 1. The number of rotatable bonds is 1. The third kappa shape index (κ3) is 1.84. The van der Waals surface area contributed by atoms with Crippen LogP contribution in [0.15, 0.2) is 35.8 Å². The Morgan fingerprint density at radius 3 is 3.11 bits per heavy atom. The highest BCUT2D eigenvalue weighted by molar-refractivity contribution is 6.07. The van der Waals surface area contributed by atoms with Crippen LogP contribution in [0, 0.1) is 5.92 Å². The first-order valence-electron chi connectivity index (χ1n) is 5.80. The van der Waals surface area contributed by atoms with Crippen LogP contribution in [-0.2, 0) is 4.79 Å². The van der Waals surface area contributed by atoms with Crippen LogP contribution >= 0.6 is 0 Å². The molecular formula is C13H12N4O. The van der Waals surface area contributed by atoms with Gasteiger partial charge < -0.3 is 0 Å². The minimum atomic E-state index is -0.0330. The SMILES string of the molecule is CC1CC(=O)NN=C1c1ccc2cncnc2c1. The number of hydrazone groups is 1. The molecule has 2 aromatic rings. The van der Waals surface area contributed by atoms with Crippen molar-refractivity contribution in [1.29, 1.82) is 0 Å². The average Bonchev–Trinajstić information content (AvgIpc) is 2.38. The molecule has 5 nitrogen and oxygen atoms in total. The Morgan fingerprint density at radius 2 is 2.28 bits per heavy atom. The van der Waals surface area contributed by atoms with Gasteiger partial charge in [-0.1, -0.05) is 19.1 Å². The maximum Gasteiger partial charge on any atom is 0.240 e. The topological polar surface area (TPSA) is 67.2 Å². The van der Waals surface area contributed by atoms with Gasteiger partial charge in [0.05, 0.1) is 11.2 Å². The third-order valence-electron chi connectivity index (χ3n) is 3.06. The Kier molecular flexibility index (Phi) is 2.51. The van der Waals surface area contributed by atoms with E-state index in [1.165, 1.54) is 6.33 Å². The van der Waals surface area contributed by atoms with E-state index in [1.807, 2.05) is 25.1 Å². The number of carbonyl (C=O) groups excluding carboxylic acids is 1. The Morgan fingerprint density at radius 1 is 1.39 bits per heavy atom. The van der Waals surface area contributed by atoms with Gasteiger partial charge in [0.1, 0.15) is 6.33 Å². The number of fused-ring (bicyclic) bond motifs is 1. The molecule has 0 fully saturated rings. The molecule has 0 saturated heterocycles. The van der Waals surface area contributed by atoms with E-state index >= 15 is 0 Å². The monoisotopic (exact) mass is 240 g/mol. The highest BCUT2D eigenvalue weighted by Gasteiger charge is 2.21. The smallest absolute Gasteiger partial charge is 0.240 e. The molecule has 1 aromatic carbocycles. The van der Waals surface area contributed by atoms with Crippen LogP contribution in [0.3, 0.4) is 0 Å². The molecule has 0 saturated carbocycles. The molecular weight excluding hydrogens is 228 g/mol. The fourth-order valence-corrected chi connectivity index (χ4v) is 2.14. The van der Waals surface area contributed by atoms with Crippen LogP contribution < -0.4 is 5.43 Å². The van der Waals surface area contributed by atoms with E-state index in [-0.39, 0.29) is 11.8 Å². The molecule has 1 amide bonds. The molecule has 0 spiro atoms. The Labute approximate surface area is 104 Å². The molecule has 1 unspecified atom stereocenters. The lowest BCUT2D eigenvalue weighted by Crippen LogP contribution is -2.31. The van der Waals surface area contributed by atoms with Crippen molar-refractivity contribution >= 4 is 22.5 Å². The molecule has 1 aliphatic rings. The second-order valence-corrected chi connectivity index (χ2v) is 4.43. The maximum atomic E-state index is 11.2. The molecule has 90 valence electrons. The fraction of sp³-hybridized carbons (Fsp3) is 0.231. The van der Waals surface area contributed by atoms with Gasteiger partial charge in [-0.15, -0.1) is 0 Å². The summed E-state index contributed by atoms with van der Waals surface area (Å²) < 4.78 is 0. The lowest BCUT2D eigenvalue weighted by molar-refractivity contribution is -0.121. The number of hydrogen-bond donors (Lipinski definition) is 1. The van der Waals surface area contributed by atoms with Gasteiger partial charge in [0, 0.05) is 29.5 Å². The van der Waals surface area contributed by atoms with Crippen molar-refractivity contribution in [2.75, 3.05) is 0 Å². The summed E-state index contributed by atoms with van der Waals surface area (Å²) >= 11 is 0. The molecule has 1 N–H and O–H groups in total. The van der Waals surface area contributed by atoms with Crippen molar-refractivity contribution in [3.05, 3.63) is 36.3 Å². The molecule has 3 rings (SSSR count). The zero-order valence-electron chi connectivity index (χ0n) is 9.92. The highest BCUT2D eigenvalue weighted by atomic mass is 16.2. The molecule has 0 aliphatic carbocycles. The number of hydrogen-bond acceptors (Lipinski definition) is 4. The van der Waals surface area contributed by atoms with Gasteiger partial charge in [0.25, 0.3) is 0 Å². The lowest BCUT2D eigenvalue weighted by Gasteiger charge is -2.19. The first kappa shape index (κ1) is 10.8. The molecule has 0 bridgehead atoms. The molecule has 0 radical (unpaired) electrons. The lowest BCUT2D eigenvalue weighted by atomic mass is 9.93. The number of nitrogens with zero attached hydrogens (tertiary/aromatic N) is 3. The summed E-state index contributed by atoms with van der Waals surface area (Å²) in [4.78, 5) is 19.4. The predicted octanol–water partition coefficient (Wildman–Crippen LogP) is 1.49. The quantitative estimate of drug-likeness (QED) is 0.821. The molecule has 5 heteroatoms. The van der Waals surface area contributed by atoms with Gasteiger partial charge in [0.2, 0.25) is 5.91 Å². The minimum Gasteiger partial charge on any atom is -0.273 e. The summed E-state index contributed by atoms with van der Waals surface area (Å²) in [5, 5.41) is 5.14. The Bertz CT molecular complexity index is 650. The summed E-state index contributed by atoms with van der Waals surface area (Å²) in [7, 11) is 0. The van der Waals surface area contributed by atoms with Crippen LogP contribution in [0.4, 0.5) is 0 Å². The summed E-state index contributed by atoms with van der Waals surface area (Å²) in [6, 6.07) is 5.93. The van der Waals surface area contributed by atoms with E-state index < -0.39 is 0 Å². The number of carbonyl (C=O) groups is 1. The van der Waals surface area contributed by atoms with Crippen molar-refractivity contribution in [1.82, 2.24) is 15.4 Å². The standard InChI is InChI=1S/C13H12N4O/c1-8-4-12(18)16-17-13(8)9-2-3-10-6-14-7-15-11(10)5-9/h2-3,5-8H,4H2,1H3,(H,16,18). The van der Waals surface area contributed by atoms with Crippen LogP contribution in [0.2, 0.25) is 0 Å². The van der Waals surface area contributed by atoms with E-state index in [0.29, 0.717) is 6.42 Å². The highest BCUT2D eigenvalue weighted by Crippen LogP contribution is 2.19. The van der Waals surface area contributed by atoms with Crippen molar-refractivity contribution in [3.63, 3.8) is 0 Å². The molecule has 1 aromatic heterocycles. The zero-order valence-corrected chi connectivity index (χ0v) is 9.92. The van der Waals surface area contributed by atoms with Crippen molar-refractivity contribution in [2.24, 2.45) is 11.0 Å². The first-order chi connectivity index (χ1) is 8.74. The largest absolute Gasteiger partial charge is 0.273 e. The van der Waals surface area contributed by atoms with Crippen molar-refractivity contribution < 1.29 is 4.79 Å². The minimum absolute atomic E-state index is 0.0330. The number of amides is 1. The second-order valence-electron chi connectivity index (χ2n) is 4.43. The maximum absolute atomic E-state index is 11.2. The molecule has 1 aliphatic heterocycles. The van der Waals surface area contributed by atoms with Crippen molar-refractivity contribution in [2.45, 2.75) is 13.3 Å². The van der Waals surface area contributed by atoms with Crippen molar-refractivity contribution in [3.8, 4) is 0 Å². The summed E-state index contributed by atoms with van der Waals surface area (Å²) in [6.07, 6.45) is 3.78. The molecule has 18 heavy (non-hydrogen) atoms. The van der Waals surface area contributed by atoms with Crippen LogP contribution in [-0.4, -0.2) is 21.6 Å². The van der Waals surface area contributed by atoms with Crippen LogP contribution in [0.1, 0.15) is 18.9 Å². The summed E-state index contributed by atoms with van der Waals surface area (Å²) in [6.45, 7) is 2.00. The normalized spacial score (nSPS) is 19.5. The predicted molar refractivity (Wildman–Crippen MR) is 68.0 cm³/mol. The van der Waals surface area contributed by atoms with E-state index in [2.05, 4.69) is 20.5 Å². The summed E-state index contributed by atoms with van der Waals surface area (Å²) in [5.41, 5.74) is 5.30. The van der Waals surface area contributed by atoms with Gasteiger partial charge in [-0.2, -0.15) is 5.10 Å².